The molecular weight excluding hydrogens is 333 g/mol. The fraction of sp³-hybridized carbons (Fsp3) is 0.467. The second-order valence-electron chi connectivity index (χ2n) is 5.28. The molecule has 0 spiro atoms. The fourth-order valence-electron chi connectivity index (χ4n) is 2.53. The van der Waals surface area contributed by atoms with Gasteiger partial charge in [-0.1, -0.05) is 30.3 Å². The average Bonchev–Trinajstić information content (AvgIpc) is 2.46. The van der Waals surface area contributed by atoms with Crippen molar-refractivity contribution in [1.29, 1.82) is 0 Å². The molecule has 1 aliphatic heterocycles. The van der Waals surface area contributed by atoms with Gasteiger partial charge in [0.25, 0.3) is 0 Å². The van der Waals surface area contributed by atoms with E-state index in [1.807, 2.05) is 30.3 Å². The topological polar surface area (TPSA) is 52.6 Å². The van der Waals surface area contributed by atoms with Crippen molar-refractivity contribution in [2.75, 3.05) is 0 Å². The van der Waals surface area contributed by atoms with Crippen molar-refractivity contribution in [1.82, 2.24) is 0 Å². The SMILES string of the molecule is CC(OS(=O)(=O)C(F)(F)F)=C1CCC(c2ccccc2)OC1C. The highest BCUT2D eigenvalue weighted by Gasteiger charge is 2.48. The smallest absolute Gasteiger partial charge is 0.381 e. The van der Waals surface area contributed by atoms with Crippen molar-refractivity contribution in [2.45, 2.75) is 44.4 Å². The van der Waals surface area contributed by atoms with Crippen molar-refractivity contribution < 1.29 is 30.5 Å². The van der Waals surface area contributed by atoms with E-state index in [-0.39, 0.29) is 11.9 Å². The normalized spacial score (nSPS) is 25.1. The van der Waals surface area contributed by atoms with Crippen LogP contribution in [0.3, 0.4) is 0 Å². The van der Waals surface area contributed by atoms with Crippen LogP contribution in [0.25, 0.3) is 0 Å². The predicted octanol–water partition coefficient (Wildman–Crippen LogP) is 4.07. The van der Waals surface area contributed by atoms with Crippen LogP contribution in [0, 0.1) is 0 Å². The summed E-state index contributed by atoms with van der Waals surface area (Å²) >= 11 is 0. The Labute approximate surface area is 133 Å². The molecule has 0 aliphatic carbocycles. The zero-order valence-corrected chi connectivity index (χ0v) is 13.4. The van der Waals surface area contributed by atoms with Crippen LogP contribution in [0.2, 0.25) is 0 Å². The first-order valence-electron chi connectivity index (χ1n) is 7.02. The summed E-state index contributed by atoms with van der Waals surface area (Å²) < 4.78 is 69.3. The monoisotopic (exact) mass is 350 g/mol. The number of hydrogen-bond donors (Lipinski definition) is 0. The van der Waals surface area contributed by atoms with Gasteiger partial charge in [-0.3, -0.25) is 0 Å². The van der Waals surface area contributed by atoms with E-state index in [4.69, 9.17) is 4.74 Å². The molecular formula is C15H17F3O4S. The lowest BCUT2D eigenvalue weighted by atomic mass is 9.94. The van der Waals surface area contributed by atoms with Gasteiger partial charge >= 0.3 is 15.6 Å². The first-order valence-corrected chi connectivity index (χ1v) is 8.43. The molecule has 2 atom stereocenters. The van der Waals surface area contributed by atoms with Gasteiger partial charge < -0.3 is 8.92 Å². The molecule has 0 saturated carbocycles. The molecule has 0 bridgehead atoms. The van der Waals surface area contributed by atoms with Gasteiger partial charge in [0, 0.05) is 0 Å². The standard InChI is InChI=1S/C15H17F3O4S/c1-10-13(11(2)22-23(19,20)15(16,17)18)8-9-14(21-10)12-6-4-3-5-7-12/h3-7,10,14H,8-9H2,1-2H3. The third-order valence-electron chi connectivity index (χ3n) is 3.68. The van der Waals surface area contributed by atoms with E-state index in [0.29, 0.717) is 18.4 Å². The molecule has 1 aromatic rings. The second kappa shape index (κ2) is 6.52. The number of halogens is 3. The van der Waals surface area contributed by atoms with E-state index in [2.05, 4.69) is 4.18 Å². The van der Waals surface area contributed by atoms with Crippen molar-refractivity contribution in [2.24, 2.45) is 0 Å². The Morgan fingerprint density at radius 2 is 1.87 bits per heavy atom. The predicted molar refractivity (Wildman–Crippen MR) is 77.7 cm³/mol. The average molecular weight is 350 g/mol. The van der Waals surface area contributed by atoms with E-state index in [1.165, 1.54) is 6.92 Å². The van der Waals surface area contributed by atoms with Crippen LogP contribution >= 0.6 is 0 Å². The van der Waals surface area contributed by atoms with Gasteiger partial charge in [0.1, 0.15) is 5.76 Å². The quantitative estimate of drug-likeness (QED) is 0.468. The van der Waals surface area contributed by atoms with Crippen molar-refractivity contribution >= 4 is 10.1 Å². The summed E-state index contributed by atoms with van der Waals surface area (Å²) in [6.45, 7) is 2.87. The molecule has 2 unspecified atom stereocenters. The minimum atomic E-state index is -5.65. The van der Waals surface area contributed by atoms with Gasteiger partial charge in [0.2, 0.25) is 0 Å². The molecule has 4 nitrogen and oxygen atoms in total. The molecule has 0 N–H and O–H groups in total. The van der Waals surface area contributed by atoms with Crippen molar-refractivity contribution in [3.05, 3.63) is 47.2 Å². The van der Waals surface area contributed by atoms with Crippen LogP contribution < -0.4 is 0 Å². The Kier molecular flexibility index (Phi) is 5.05. The maximum absolute atomic E-state index is 12.4. The summed E-state index contributed by atoms with van der Waals surface area (Å²) in [6, 6.07) is 9.44. The molecule has 1 saturated heterocycles. The molecule has 1 aliphatic rings. The van der Waals surface area contributed by atoms with Crippen LogP contribution in [0.1, 0.15) is 38.4 Å². The number of alkyl halides is 3. The molecule has 128 valence electrons. The third kappa shape index (κ3) is 4.06. The molecule has 0 radical (unpaired) electrons. The zero-order valence-electron chi connectivity index (χ0n) is 12.6. The lowest BCUT2D eigenvalue weighted by Crippen LogP contribution is -2.28. The lowest BCUT2D eigenvalue weighted by molar-refractivity contribution is -0.0528. The molecule has 23 heavy (non-hydrogen) atoms. The first kappa shape index (κ1) is 17.8. The minimum absolute atomic E-state index is 0.179. The molecule has 0 amide bonds. The Balaban J connectivity index is 2.14. The van der Waals surface area contributed by atoms with Crippen LogP contribution in [-0.2, 0) is 19.0 Å². The lowest BCUT2D eigenvalue weighted by Gasteiger charge is -2.31. The molecule has 8 heteroatoms. The highest BCUT2D eigenvalue weighted by Crippen LogP contribution is 2.36. The summed E-state index contributed by atoms with van der Waals surface area (Å²) in [7, 11) is -5.65. The fourth-order valence-corrected chi connectivity index (χ4v) is 3.06. The Hall–Kier alpha value is -1.54. The summed E-state index contributed by atoms with van der Waals surface area (Å²) in [4.78, 5) is 0. The number of ether oxygens (including phenoxy) is 1. The maximum atomic E-state index is 12.4. The van der Waals surface area contributed by atoms with E-state index in [0.717, 1.165) is 5.56 Å². The van der Waals surface area contributed by atoms with Crippen LogP contribution in [0.5, 0.6) is 0 Å². The number of allylic oxidation sites excluding steroid dienone is 1. The van der Waals surface area contributed by atoms with Crippen LogP contribution in [0.4, 0.5) is 13.2 Å². The third-order valence-corrected chi connectivity index (χ3v) is 4.71. The highest BCUT2D eigenvalue weighted by molar-refractivity contribution is 7.87. The number of benzene rings is 1. The maximum Gasteiger partial charge on any atom is 0.534 e. The summed E-state index contributed by atoms with van der Waals surface area (Å²) in [5.74, 6) is -0.277. The first-order chi connectivity index (χ1) is 10.6. The van der Waals surface area contributed by atoms with Gasteiger partial charge in [-0.25, -0.2) is 0 Å². The minimum Gasteiger partial charge on any atom is -0.381 e. The van der Waals surface area contributed by atoms with Gasteiger partial charge in [0.05, 0.1) is 12.2 Å². The molecule has 2 rings (SSSR count). The summed E-state index contributed by atoms with van der Waals surface area (Å²) in [5, 5.41) is 0. The van der Waals surface area contributed by atoms with Crippen LogP contribution in [-0.4, -0.2) is 20.0 Å². The Bertz CT molecular complexity index is 680. The molecule has 1 aromatic carbocycles. The summed E-state index contributed by atoms with van der Waals surface area (Å²) in [5.41, 5.74) is -4.05. The Morgan fingerprint density at radius 3 is 2.39 bits per heavy atom. The number of rotatable bonds is 3. The second-order valence-corrected chi connectivity index (χ2v) is 6.82. The van der Waals surface area contributed by atoms with Crippen LogP contribution in [0.15, 0.2) is 41.7 Å². The molecule has 1 heterocycles. The van der Waals surface area contributed by atoms with Gasteiger partial charge in [-0.15, -0.1) is 0 Å². The van der Waals surface area contributed by atoms with E-state index in [9.17, 15) is 21.6 Å². The Morgan fingerprint density at radius 1 is 1.26 bits per heavy atom. The van der Waals surface area contributed by atoms with Crippen molar-refractivity contribution in [3.63, 3.8) is 0 Å². The number of hydrogen-bond acceptors (Lipinski definition) is 4. The summed E-state index contributed by atoms with van der Waals surface area (Å²) in [6.07, 6.45) is 0.232. The van der Waals surface area contributed by atoms with E-state index in [1.54, 1.807) is 6.92 Å². The molecule has 1 fully saturated rings. The zero-order chi connectivity index (χ0) is 17.3. The molecule has 0 aromatic heterocycles. The van der Waals surface area contributed by atoms with E-state index < -0.39 is 21.7 Å². The highest BCUT2D eigenvalue weighted by atomic mass is 32.2. The van der Waals surface area contributed by atoms with Crippen molar-refractivity contribution in [3.8, 4) is 0 Å². The van der Waals surface area contributed by atoms with Gasteiger partial charge in [-0.2, -0.15) is 21.6 Å². The largest absolute Gasteiger partial charge is 0.534 e. The van der Waals surface area contributed by atoms with Gasteiger partial charge in [-0.05, 0) is 37.8 Å². The van der Waals surface area contributed by atoms with Gasteiger partial charge in [0.15, 0.2) is 0 Å². The van der Waals surface area contributed by atoms with E-state index >= 15 is 0 Å².